The van der Waals surface area contributed by atoms with Crippen molar-refractivity contribution in [2.75, 3.05) is 0 Å². The molecule has 7 heteroatoms. The Kier molecular flexibility index (Phi) is 8.21. The zero-order valence-corrected chi connectivity index (χ0v) is 16.3. The zero-order chi connectivity index (χ0) is 21.2. The minimum atomic E-state index is -2.73. The maximum Gasteiger partial charge on any atom is 0.284 e. The van der Waals surface area contributed by atoms with Gasteiger partial charge < -0.3 is 8.83 Å². The highest BCUT2D eigenvalue weighted by Crippen LogP contribution is 2.30. The summed E-state index contributed by atoms with van der Waals surface area (Å²) in [6.45, 7) is 6.06. The Labute approximate surface area is 167 Å². The van der Waals surface area contributed by atoms with Crippen molar-refractivity contribution in [3.63, 3.8) is 0 Å². The van der Waals surface area contributed by atoms with E-state index in [0.29, 0.717) is 0 Å². The van der Waals surface area contributed by atoms with Crippen molar-refractivity contribution < 1.29 is 22.0 Å². The molecule has 0 radical (unpaired) electrons. The van der Waals surface area contributed by atoms with Crippen LogP contribution < -0.4 is 0 Å². The minimum Gasteiger partial charge on any atom is -0.451 e. The molecule has 0 aliphatic heterocycles. The van der Waals surface area contributed by atoms with E-state index in [1.165, 1.54) is 30.2 Å². The zero-order valence-electron chi connectivity index (χ0n) is 16.3. The van der Waals surface area contributed by atoms with Gasteiger partial charge in [0.1, 0.15) is 17.8 Å². The lowest BCUT2D eigenvalue weighted by atomic mass is 10.1. The Bertz CT molecular complexity index is 999. The first-order valence-electron chi connectivity index (χ1n) is 8.97. The summed E-state index contributed by atoms with van der Waals surface area (Å²) in [5, 5.41) is 0. The van der Waals surface area contributed by atoms with Crippen molar-refractivity contribution >= 4 is 0 Å². The lowest BCUT2D eigenvalue weighted by Crippen LogP contribution is -1.88. The number of hydrogen-bond donors (Lipinski definition) is 0. The second-order valence-electron chi connectivity index (χ2n) is 5.62. The van der Waals surface area contributed by atoms with Gasteiger partial charge in [0.15, 0.2) is 24.2 Å². The van der Waals surface area contributed by atoms with Gasteiger partial charge in [0.25, 0.3) is 6.43 Å². The average molecular weight is 402 g/mol. The SMILES string of the molecule is CC.Cc1cccc(-c2cocn2)c1.Fc1cccc(-c2ocnc2C(F)F)c1. The standard InChI is InChI=1S/C10H6F3NO.C10H9NO.C2H6/c11-7-3-1-2-6(4-7)9-8(10(12)13)14-5-15-9;1-8-3-2-4-9(5-8)10-6-12-7-11-10;1-2/h1-5,10H;2-7H,1H3;1-2H3. The normalized spacial score (nSPS) is 10.0. The van der Waals surface area contributed by atoms with Crippen molar-refractivity contribution in [2.45, 2.75) is 27.2 Å². The Morgan fingerprint density at radius 3 is 2.24 bits per heavy atom. The number of hydrogen-bond acceptors (Lipinski definition) is 4. The molecule has 0 amide bonds. The smallest absolute Gasteiger partial charge is 0.284 e. The van der Waals surface area contributed by atoms with Crippen LogP contribution in [0, 0.1) is 12.7 Å². The van der Waals surface area contributed by atoms with Gasteiger partial charge >= 0.3 is 0 Å². The average Bonchev–Trinajstić information content (AvgIpc) is 3.42. The number of aromatic nitrogens is 2. The first-order chi connectivity index (χ1) is 14.0. The van der Waals surface area contributed by atoms with Gasteiger partial charge in [-0.1, -0.05) is 49.7 Å². The van der Waals surface area contributed by atoms with Crippen molar-refractivity contribution in [3.05, 3.63) is 84.7 Å². The molecule has 0 atom stereocenters. The molecule has 2 heterocycles. The first-order valence-corrected chi connectivity index (χ1v) is 8.97. The molecule has 0 spiro atoms. The minimum absolute atomic E-state index is 0.0931. The van der Waals surface area contributed by atoms with Crippen molar-refractivity contribution in [3.8, 4) is 22.6 Å². The Balaban J connectivity index is 0.000000194. The van der Waals surface area contributed by atoms with Crippen LogP contribution in [0.2, 0.25) is 0 Å². The summed E-state index contributed by atoms with van der Waals surface area (Å²) in [5.74, 6) is -0.603. The molecule has 2 aromatic carbocycles. The van der Waals surface area contributed by atoms with Gasteiger partial charge in [-0.3, -0.25) is 0 Å². The third-order valence-corrected chi connectivity index (χ3v) is 3.63. The molecule has 0 unspecified atom stereocenters. The van der Waals surface area contributed by atoms with Crippen LogP contribution in [0.15, 0.2) is 76.4 Å². The van der Waals surface area contributed by atoms with E-state index >= 15 is 0 Å². The lowest BCUT2D eigenvalue weighted by molar-refractivity contribution is 0.147. The fourth-order valence-corrected chi connectivity index (χ4v) is 2.42. The number of alkyl halides is 2. The van der Waals surface area contributed by atoms with Crippen molar-refractivity contribution in [1.82, 2.24) is 9.97 Å². The fraction of sp³-hybridized carbons (Fsp3) is 0.182. The summed E-state index contributed by atoms with van der Waals surface area (Å²) in [7, 11) is 0. The Hall–Kier alpha value is -3.35. The van der Waals surface area contributed by atoms with Crippen LogP contribution in [0.3, 0.4) is 0 Å². The van der Waals surface area contributed by atoms with Gasteiger partial charge in [-0.25, -0.2) is 23.1 Å². The van der Waals surface area contributed by atoms with Crippen molar-refractivity contribution in [2.24, 2.45) is 0 Å². The molecule has 0 aliphatic rings. The van der Waals surface area contributed by atoms with Crippen LogP contribution in [0.25, 0.3) is 22.6 Å². The predicted octanol–water partition coefficient (Wildman–Crippen LogP) is 7.09. The molecule has 0 N–H and O–H groups in total. The molecule has 0 bridgehead atoms. The van der Waals surface area contributed by atoms with Gasteiger partial charge in [-0.15, -0.1) is 0 Å². The molecular formula is C22H21F3N2O2. The summed E-state index contributed by atoms with van der Waals surface area (Å²) < 4.78 is 47.4. The summed E-state index contributed by atoms with van der Waals surface area (Å²) in [4.78, 5) is 7.44. The maximum absolute atomic E-state index is 12.8. The number of halogens is 3. The van der Waals surface area contributed by atoms with E-state index in [4.69, 9.17) is 8.83 Å². The van der Waals surface area contributed by atoms with E-state index in [2.05, 4.69) is 29.0 Å². The summed E-state index contributed by atoms with van der Waals surface area (Å²) in [6.07, 6.45) is 1.27. The van der Waals surface area contributed by atoms with E-state index < -0.39 is 17.9 Å². The molecule has 0 fully saturated rings. The van der Waals surface area contributed by atoms with Crippen LogP contribution in [-0.2, 0) is 0 Å². The highest BCUT2D eigenvalue weighted by atomic mass is 19.3. The van der Waals surface area contributed by atoms with E-state index in [0.717, 1.165) is 23.7 Å². The largest absolute Gasteiger partial charge is 0.451 e. The number of oxazole rings is 2. The highest BCUT2D eigenvalue weighted by Gasteiger charge is 2.19. The van der Waals surface area contributed by atoms with E-state index in [1.807, 2.05) is 26.0 Å². The van der Waals surface area contributed by atoms with Gasteiger partial charge in [0, 0.05) is 11.1 Å². The summed E-state index contributed by atoms with van der Waals surface area (Å²) in [6, 6.07) is 13.4. The van der Waals surface area contributed by atoms with Crippen LogP contribution in [0.4, 0.5) is 13.2 Å². The molecule has 29 heavy (non-hydrogen) atoms. The Morgan fingerprint density at radius 1 is 0.897 bits per heavy atom. The van der Waals surface area contributed by atoms with Gasteiger partial charge in [0.2, 0.25) is 0 Å². The van der Waals surface area contributed by atoms with Crippen molar-refractivity contribution in [1.29, 1.82) is 0 Å². The first kappa shape index (κ1) is 21.9. The molecular weight excluding hydrogens is 381 g/mol. The van der Waals surface area contributed by atoms with E-state index in [9.17, 15) is 13.2 Å². The predicted molar refractivity (Wildman–Crippen MR) is 105 cm³/mol. The van der Waals surface area contributed by atoms with Crippen LogP contribution in [-0.4, -0.2) is 9.97 Å². The quantitative estimate of drug-likeness (QED) is 0.367. The third-order valence-electron chi connectivity index (χ3n) is 3.63. The van der Waals surface area contributed by atoms with Crippen LogP contribution in [0.1, 0.15) is 31.5 Å². The second-order valence-corrected chi connectivity index (χ2v) is 5.62. The molecule has 2 aromatic heterocycles. The monoisotopic (exact) mass is 402 g/mol. The maximum atomic E-state index is 12.8. The number of aryl methyl sites for hydroxylation is 1. The van der Waals surface area contributed by atoms with E-state index in [-0.39, 0.29) is 11.3 Å². The topological polar surface area (TPSA) is 52.1 Å². The lowest BCUT2D eigenvalue weighted by Gasteiger charge is -1.99. The fourth-order valence-electron chi connectivity index (χ4n) is 2.42. The van der Waals surface area contributed by atoms with Gasteiger partial charge in [-0.05, 0) is 25.1 Å². The van der Waals surface area contributed by atoms with E-state index in [1.54, 1.807) is 6.26 Å². The van der Waals surface area contributed by atoms with Crippen LogP contribution in [0.5, 0.6) is 0 Å². The summed E-state index contributed by atoms with van der Waals surface area (Å²) >= 11 is 0. The second kappa shape index (κ2) is 10.8. The number of nitrogens with zero attached hydrogens (tertiary/aromatic N) is 2. The summed E-state index contributed by atoms with van der Waals surface area (Å²) in [5.41, 5.74) is 3.00. The van der Waals surface area contributed by atoms with Gasteiger partial charge in [0.05, 0.1) is 0 Å². The Morgan fingerprint density at radius 2 is 1.62 bits per heavy atom. The van der Waals surface area contributed by atoms with Gasteiger partial charge in [-0.2, -0.15) is 0 Å². The molecule has 0 saturated carbocycles. The molecule has 0 aliphatic carbocycles. The molecule has 4 aromatic rings. The molecule has 4 nitrogen and oxygen atoms in total. The number of benzene rings is 2. The number of rotatable bonds is 3. The molecule has 0 saturated heterocycles. The highest BCUT2D eigenvalue weighted by molar-refractivity contribution is 5.60. The van der Waals surface area contributed by atoms with Crippen LogP contribution >= 0.6 is 0 Å². The molecule has 152 valence electrons. The molecule has 4 rings (SSSR count). The third kappa shape index (κ3) is 6.07.